The number of benzene rings is 1. The minimum atomic E-state index is 0.389. The van der Waals surface area contributed by atoms with Gasteiger partial charge in [0.15, 0.2) is 0 Å². The van der Waals surface area contributed by atoms with E-state index in [4.69, 9.17) is 22.7 Å². The normalized spacial score (nSPS) is 22.2. The number of ether oxygens (including phenoxy) is 1. The molecule has 2 N–H and O–H groups in total. The average molecular weight is 306 g/mol. The Morgan fingerprint density at radius 2 is 2.14 bits per heavy atom. The van der Waals surface area contributed by atoms with E-state index < -0.39 is 0 Å². The van der Waals surface area contributed by atoms with Crippen molar-refractivity contribution >= 4 is 17.2 Å². The molecule has 21 heavy (non-hydrogen) atoms. The van der Waals surface area contributed by atoms with E-state index in [1.807, 2.05) is 24.3 Å². The lowest BCUT2D eigenvalue weighted by Gasteiger charge is -2.34. The molecular weight excluding hydrogens is 280 g/mol. The third-order valence-electron chi connectivity index (χ3n) is 4.39. The Kier molecular flexibility index (Phi) is 6.00. The van der Waals surface area contributed by atoms with Gasteiger partial charge in [0.25, 0.3) is 0 Å². The van der Waals surface area contributed by atoms with Crippen molar-refractivity contribution < 1.29 is 4.74 Å². The van der Waals surface area contributed by atoms with Crippen LogP contribution < -0.4 is 10.5 Å². The second-order valence-electron chi connectivity index (χ2n) is 6.12. The van der Waals surface area contributed by atoms with E-state index in [-0.39, 0.29) is 0 Å². The number of hydrogen-bond donors (Lipinski definition) is 1. The molecule has 0 radical (unpaired) electrons. The largest absolute Gasteiger partial charge is 0.492 e. The van der Waals surface area contributed by atoms with Crippen molar-refractivity contribution in [3.05, 3.63) is 29.8 Å². The average Bonchev–Trinajstić information content (AvgIpc) is 2.47. The molecule has 1 saturated carbocycles. The zero-order chi connectivity index (χ0) is 15.2. The number of rotatable bonds is 6. The van der Waals surface area contributed by atoms with Crippen LogP contribution in [0.15, 0.2) is 24.3 Å². The quantitative estimate of drug-likeness (QED) is 0.819. The van der Waals surface area contributed by atoms with Crippen molar-refractivity contribution in [2.24, 2.45) is 11.7 Å². The molecule has 0 amide bonds. The molecule has 4 heteroatoms. The molecule has 0 saturated heterocycles. The molecule has 0 spiro atoms. The SMILES string of the molecule is CC1CCCC(N(C)CCOc2ccccc2C(N)=S)C1. The van der Waals surface area contributed by atoms with Crippen LogP contribution in [0.4, 0.5) is 0 Å². The molecule has 2 rings (SSSR count). The van der Waals surface area contributed by atoms with E-state index in [0.29, 0.717) is 17.6 Å². The van der Waals surface area contributed by atoms with Crippen molar-refractivity contribution in [2.75, 3.05) is 20.2 Å². The van der Waals surface area contributed by atoms with Crippen molar-refractivity contribution in [3.63, 3.8) is 0 Å². The minimum Gasteiger partial charge on any atom is -0.492 e. The van der Waals surface area contributed by atoms with Gasteiger partial charge in [-0.2, -0.15) is 0 Å². The van der Waals surface area contributed by atoms with Crippen LogP contribution in [0, 0.1) is 5.92 Å². The van der Waals surface area contributed by atoms with E-state index in [0.717, 1.165) is 23.8 Å². The first-order valence-electron chi connectivity index (χ1n) is 7.79. The van der Waals surface area contributed by atoms with Crippen LogP contribution in [-0.2, 0) is 0 Å². The Hall–Kier alpha value is -1.13. The molecule has 3 nitrogen and oxygen atoms in total. The van der Waals surface area contributed by atoms with Crippen molar-refractivity contribution in [1.29, 1.82) is 0 Å². The van der Waals surface area contributed by atoms with Crippen LogP contribution >= 0.6 is 12.2 Å². The van der Waals surface area contributed by atoms with Crippen LogP contribution in [-0.4, -0.2) is 36.1 Å². The molecule has 1 aliphatic rings. The van der Waals surface area contributed by atoms with Crippen LogP contribution in [0.2, 0.25) is 0 Å². The number of thiocarbonyl (C=S) groups is 1. The Morgan fingerprint density at radius 3 is 2.86 bits per heavy atom. The zero-order valence-corrected chi connectivity index (χ0v) is 13.9. The van der Waals surface area contributed by atoms with Gasteiger partial charge >= 0.3 is 0 Å². The summed E-state index contributed by atoms with van der Waals surface area (Å²) in [6, 6.07) is 8.41. The molecular formula is C17H26N2OS. The van der Waals surface area contributed by atoms with Gasteiger partial charge in [0.1, 0.15) is 17.3 Å². The smallest absolute Gasteiger partial charge is 0.129 e. The molecule has 116 valence electrons. The number of hydrogen-bond acceptors (Lipinski definition) is 3. The molecule has 2 atom stereocenters. The second kappa shape index (κ2) is 7.76. The first kappa shape index (κ1) is 16.2. The molecule has 0 bridgehead atoms. The van der Waals surface area contributed by atoms with E-state index in [2.05, 4.69) is 18.9 Å². The summed E-state index contributed by atoms with van der Waals surface area (Å²) in [6.07, 6.45) is 5.34. The fourth-order valence-corrected chi connectivity index (χ4v) is 3.25. The summed E-state index contributed by atoms with van der Waals surface area (Å²) in [5.41, 5.74) is 6.54. The number of para-hydroxylation sites is 1. The summed E-state index contributed by atoms with van der Waals surface area (Å²) in [5.74, 6) is 1.64. The van der Waals surface area contributed by atoms with Gasteiger partial charge in [0, 0.05) is 12.6 Å². The van der Waals surface area contributed by atoms with Crippen molar-refractivity contribution in [1.82, 2.24) is 4.90 Å². The Labute approximate surface area is 133 Å². The highest BCUT2D eigenvalue weighted by Crippen LogP contribution is 2.26. The standard InChI is InChI=1S/C17H26N2OS/c1-13-6-5-7-14(12-13)19(2)10-11-20-16-9-4-3-8-15(16)17(18)21/h3-4,8-9,13-14H,5-7,10-12H2,1-2H3,(H2,18,21). The summed E-state index contributed by atoms with van der Waals surface area (Å²) in [5, 5.41) is 0. The fraction of sp³-hybridized carbons (Fsp3) is 0.588. The summed E-state index contributed by atoms with van der Waals surface area (Å²) in [6.45, 7) is 3.96. The van der Waals surface area contributed by atoms with Crippen LogP contribution in [0.1, 0.15) is 38.2 Å². The van der Waals surface area contributed by atoms with Gasteiger partial charge in [0.2, 0.25) is 0 Å². The molecule has 0 heterocycles. The highest BCUT2D eigenvalue weighted by Gasteiger charge is 2.22. The Bertz CT molecular complexity index is 478. The lowest BCUT2D eigenvalue weighted by atomic mass is 9.86. The van der Waals surface area contributed by atoms with Crippen LogP contribution in [0.3, 0.4) is 0 Å². The summed E-state index contributed by atoms with van der Waals surface area (Å²) in [4.78, 5) is 2.82. The number of likely N-dealkylation sites (N-methyl/N-ethyl adjacent to an activating group) is 1. The number of nitrogens with two attached hydrogens (primary N) is 1. The van der Waals surface area contributed by atoms with E-state index in [9.17, 15) is 0 Å². The highest BCUT2D eigenvalue weighted by molar-refractivity contribution is 7.80. The van der Waals surface area contributed by atoms with Gasteiger partial charge in [-0.3, -0.25) is 0 Å². The van der Waals surface area contributed by atoms with Crippen LogP contribution in [0.25, 0.3) is 0 Å². The fourth-order valence-electron chi connectivity index (χ4n) is 3.08. The third kappa shape index (κ3) is 4.68. The van der Waals surface area contributed by atoms with Gasteiger partial charge in [-0.05, 0) is 37.9 Å². The molecule has 1 fully saturated rings. The summed E-state index contributed by atoms with van der Waals surface area (Å²) >= 11 is 5.05. The van der Waals surface area contributed by atoms with E-state index in [1.54, 1.807) is 0 Å². The lowest BCUT2D eigenvalue weighted by Crippen LogP contribution is -2.38. The summed E-state index contributed by atoms with van der Waals surface area (Å²) < 4.78 is 5.88. The van der Waals surface area contributed by atoms with Gasteiger partial charge in [-0.1, -0.05) is 44.1 Å². The molecule has 0 aliphatic heterocycles. The maximum atomic E-state index is 5.88. The number of nitrogens with zero attached hydrogens (tertiary/aromatic N) is 1. The molecule has 2 unspecified atom stereocenters. The van der Waals surface area contributed by atoms with E-state index in [1.165, 1.54) is 25.7 Å². The van der Waals surface area contributed by atoms with Gasteiger partial charge < -0.3 is 15.4 Å². The highest BCUT2D eigenvalue weighted by atomic mass is 32.1. The third-order valence-corrected chi connectivity index (χ3v) is 4.61. The maximum Gasteiger partial charge on any atom is 0.129 e. The maximum absolute atomic E-state index is 5.88. The van der Waals surface area contributed by atoms with Gasteiger partial charge in [-0.15, -0.1) is 0 Å². The van der Waals surface area contributed by atoms with Crippen LogP contribution in [0.5, 0.6) is 5.75 Å². The lowest BCUT2D eigenvalue weighted by molar-refractivity contribution is 0.141. The van der Waals surface area contributed by atoms with E-state index >= 15 is 0 Å². The summed E-state index contributed by atoms with van der Waals surface area (Å²) in [7, 11) is 2.20. The first-order valence-corrected chi connectivity index (χ1v) is 8.20. The minimum absolute atomic E-state index is 0.389. The molecule has 1 aliphatic carbocycles. The topological polar surface area (TPSA) is 38.5 Å². The second-order valence-corrected chi connectivity index (χ2v) is 6.55. The first-order chi connectivity index (χ1) is 10.1. The molecule has 0 aromatic heterocycles. The van der Waals surface area contributed by atoms with Gasteiger partial charge in [0.05, 0.1) is 5.56 Å². The molecule has 1 aromatic rings. The zero-order valence-electron chi connectivity index (χ0n) is 13.0. The van der Waals surface area contributed by atoms with Crippen molar-refractivity contribution in [3.8, 4) is 5.75 Å². The predicted octanol–water partition coefficient (Wildman–Crippen LogP) is 3.21. The Morgan fingerprint density at radius 1 is 1.38 bits per heavy atom. The van der Waals surface area contributed by atoms with Gasteiger partial charge in [-0.25, -0.2) is 0 Å². The monoisotopic (exact) mass is 306 g/mol. The molecule has 1 aromatic carbocycles. The van der Waals surface area contributed by atoms with Crippen molar-refractivity contribution in [2.45, 2.75) is 38.6 Å². The Balaban J connectivity index is 1.82. The predicted molar refractivity (Wildman–Crippen MR) is 91.9 cm³/mol.